The molecular weight excluding hydrogens is 404 g/mol. The van der Waals surface area contributed by atoms with Gasteiger partial charge in [-0.25, -0.2) is 0 Å². The van der Waals surface area contributed by atoms with Crippen LogP contribution in [-0.2, 0) is 0 Å². The Morgan fingerprint density at radius 2 is 1.00 bits per heavy atom. The van der Waals surface area contributed by atoms with Crippen molar-refractivity contribution in [1.82, 2.24) is 0 Å². The summed E-state index contributed by atoms with van der Waals surface area (Å²) in [5.41, 5.74) is 0. The Hall–Kier alpha value is 2.52. The Labute approximate surface area is 123 Å². The van der Waals surface area contributed by atoms with Crippen molar-refractivity contribution in [1.29, 1.82) is 0 Å². The quantitative estimate of drug-likeness (QED) is 0.324. The first-order valence-corrected chi connectivity index (χ1v) is 8.10. The van der Waals surface area contributed by atoms with E-state index in [4.69, 9.17) is 0 Å². The van der Waals surface area contributed by atoms with Gasteiger partial charge in [0, 0.05) is 0 Å². The Kier molecular flexibility index (Phi) is 14.2. The fraction of sp³-hybridized carbons (Fsp3) is 1.00. The van der Waals surface area contributed by atoms with Crippen LogP contribution < -0.4 is 48.0 Å². The molecule has 12 heavy (non-hydrogen) atoms. The number of hydrogen-bond acceptors (Lipinski definition) is 0. The summed E-state index contributed by atoms with van der Waals surface area (Å²) in [6.45, 7) is 0. The molecule has 0 N–H and O–H groups in total. The first-order valence-electron chi connectivity index (χ1n) is 4.45. The molecule has 0 heterocycles. The molecule has 0 atom stereocenters. The van der Waals surface area contributed by atoms with E-state index in [0.717, 1.165) is 30.4 Å². The van der Waals surface area contributed by atoms with Crippen LogP contribution in [0.5, 0.6) is 0 Å². The minimum absolute atomic E-state index is 0. The Bertz CT molecular complexity index is 81.1. The zero-order valence-corrected chi connectivity index (χ0v) is 14.5. The van der Waals surface area contributed by atoms with Crippen molar-refractivity contribution in [2.45, 2.75) is 46.8 Å². The molecule has 0 spiro atoms. The summed E-state index contributed by atoms with van der Waals surface area (Å²) in [5, 5.41) is 0. The molecule has 2 fully saturated rings. The summed E-state index contributed by atoms with van der Waals surface area (Å²) < 4.78 is 2.44. The molecule has 0 aromatic rings. The summed E-state index contributed by atoms with van der Waals surface area (Å²) in [6.07, 6.45) is 6.19. The van der Waals surface area contributed by atoms with E-state index in [1.165, 1.54) is 9.56 Å². The monoisotopic (exact) mass is 420 g/mol. The van der Waals surface area contributed by atoms with Crippen molar-refractivity contribution in [2.75, 3.05) is 0 Å². The number of halogens is 2. The van der Waals surface area contributed by atoms with Crippen molar-refractivity contribution in [3.05, 3.63) is 0 Å². The molecule has 2 aliphatic carbocycles. The van der Waals surface area contributed by atoms with Crippen molar-refractivity contribution in [2.24, 2.45) is 0 Å². The predicted molar refractivity (Wildman–Crippen MR) is 49.2 cm³/mol. The van der Waals surface area contributed by atoms with Crippen LogP contribution in [0.2, 0.25) is 21.1 Å². The normalized spacial score (nSPS) is 18.2. The van der Waals surface area contributed by atoms with Crippen LogP contribution in [-0.4, -0.2) is 30.4 Å². The molecular formula is C8H16Al2I2. The maximum atomic E-state index is 2.34. The van der Waals surface area contributed by atoms with Crippen LogP contribution in [0.4, 0.5) is 0 Å². The van der Waals surface area contributed by atoms with E-state index < -0.39 is 0 Å². The minimum Gasteiger partial charge on any atom is -1.00 e. The van der Waals surface area contributed by atoms with Gasteiger partial charge < -0.3 is 48.0 Å². The van der Waals surface area contributed by atoms with Gasteiger partial charge in [0.2, 0.25) is 0 Å². The number of hydrogen-bond donors (Lipinski definition) is 0. The molecule has 2 aliphatic rings. The second kappa shape index (κ2) is 10.1. The summed E-state index contributed by atoms with van der Waals surface area (Å²) in [6, 6.07) is 0. The number of rotatable bonds is 2. The van der Waals surface area contributed by atoms with Gasteiger partial charge in [-0.05, 0) is 0 Å². The van der Waals surface area contributed by atoms with Crippen molar-refractivity contribution in [3.8, 4) is 0 Å². The van der Waals surface area contributed by atoms with Gasteiger partial charge in [0.05, 0.1) is 0 Å². The third-order valence-electron chi connectivity index (χ3n) is 2.19. The molecule has 0 aromatic carbocycles. The average molecular weight is 420 g/mol. The first-order chi connectivity index (χ1) is 4.86. The van der Waals surface area contributed by atoms with Gasteiger partial charge in [0.15, 0.2) is 0 Å². The molecule has 2 rings (SSSR count). The molecule has 0 radical (unpaired) electrons. The minimum atomic E-state index is 0. The van der Waals surface area contributed by atoms with E-state index in [1.807, 2.05) is 0 Å². The standard InChI is InChI=1S/2C3H5.2CH3.2Al.2HI/c2*1-2-3-1;;;;;;/h2*1H,2-3H2;2*1H3;;;2*1H/q;;;;2*+1;;/p-2. The second-order valence-corrected chi connectivity index (χ2v) is 6.56. The SMILES string of the molecule is [CH3][Al+][CH]1CC1.[CH3][Al+][CH]1CC1.[I-].[I-]. The zero-order chi connectivity index (χ0) is 7.40. The van der Waals surface area contributed by atoms with E-state index in [2.05, 4.69) is 11.6 Å². The summed E-state index contributed by atoms with van der Waals surface area (Å²) in [7, 11) is 0. The van der Waals surface area contributed by atoms with Gasteiger partial charge in [-0.15, -0.1) is 0 Å². The molecule has 0 amide bonds. The van der Waals surface area contributed by atoms with E-state index in [9.17, 15) is 0 Å². The van der Waals surface area contributed by atoms with Crippen LogP contribution in [0.15, 0.2) is 0 Å². The van der Waals surface area contributed by atoms with Crippen LogP contribution in [0, 0.1) is 0 Å². The molecule has 2 saturated carbocycles. The molecule has 0 unspecified atom stereocenters. The van der Waals surface area contributed by atoms with Crippen LogP contribution in [0.1, 0.15) is 25.7 Å². The summed E-state index contributed by atoms with van der Waals surface area (Å²) in [5.74, 6) is 4.69. The fourth-order valence-electron chi connectivity index (χ4n) is 0.859. The van der Waals surface area contributed by atoms with Gasteiger partial charge in [-0.2, -0.15) is 0 Å². The second-order valence-electron chi connectivity index (χ2n) is 3.34. The third-order valence-corrected chi connectivity index (χ3v) is 5.41. The third kappa shape index (κ3) is 10.6. The molecule has 4 heteroatoms. The van der Waals surface area contributed by atoms with Crippen LogP contribution in [0.25, 0.3) is 0 Å². The molecule has 0 aliphatic heterocycles. The Balaban J connectivity index is 0. The van der Waals surface area contributed by atoms with Gasteiger partial charge in [-0.3, -0.25) is 0 Å². The van der Waals surface area contributed by atoms with Gasteiger partial charge in [0.25, 0.3) is 0 Å². The molecule has 0 saturated heterocycles. The van der Waals surface area contributed by atoms with Crippen LogP contribution >= 0.6 is 0 Å². The van der Waals surface area contributed by atoms with E-state index in [0.29, 0.717) is 0 Å². The predicted octanol–water partition coefficient (Wildman–Crippen LogP) is -3.35. The Morgan fingerprint density at radius 1 is 0.750 bits per heavy atom. The molecule has 0 nitrogen and oxygen atoms in total. The first kappa shape index (κ1) is 16.9. The largest absolute Gasteiger partial charge is 1.00 e. The van der Waals surface area contributed by atoms with Gasteiger partial charge in [0.1, 0.15) is 0 Å². The Morgan fingerprint density at radius 3 is 1.00 bits per heavy atom. The van der Waals surface area contributed by atoms with Crippen molar-refractivity contribution in [3.63, 3.8) is 0 Å². The van der Waals surface area contributed by atoms with E-state index in [1.54, 1.807) is 25.7 Å². The van der Waals surface area contributed by atoms with Gasteiger partial charge in [-0.1, -0.05) is 0 Å². The van der Waals surface area contributed by atoms with Crippen molar-refractivity contribution >= 4 is 30.4 Å². The topological polar surface area (TPSA) is 0 Å². The van der Waals surface area contributed by atoms with E-state index in [-0.39, 0.29) is 48.0 Å². The van der Waals surface area contributed by atoms with Gasteiger partial charge >= 0.3 is 77.3 Å². The zero-order valence-electron chi connectivity index (χ0n) is 7.89. The summed E-state index contributed by atoms with van der Waals surface area (Å²) in [4.78, 5) is 0. The molecule has 68 valence electrons. The van der Waals surface area contributed by atoms with Crippen LogP contribution in [0.3, 0.4) is 0 Å². The molecule has 0 bridgehead atoms. The van der Waals surface area contributed by atoms with Crippen molar-refractivity contribution < 1.29 is 48.0 Å². The summed E-state index contributed by atoms with van der Waals surface area (Å²) >= 11 is 1.69. The van der Waals surface area contributed by atoms with E-state index >= 15 is 0 Å². The maximum absolute atomic E-state index is 2.34. The maximum Gasteiger partial charge on any atom is -1.00 e. The smallest absolute Gasteiger partial charge is 1.00 e. The molecule has 0 aromatic heterocycles. The fourth-order valence-corrected chi connectivity index (χ4v) is 2.58. The average Bonchev–Trinajstić information content (AvgIpc) is 2.86.